The SMILES string of the molecule is CC1(C)CC2(C=CC(=O)c3ccccc32)C(Cc2ccccc2)=N1. The smallest absolute Gasteiger partial charge is 0.185 e. The molecule has 1 heterocycles. The standard InChI is InChI=1S/C22H21NO/c1-21(2)15-22(20(23-21)14-16-8-4-3-5-9-16)13-12-19(24)17-10-6-7-11-18(17)22/h3-13H,14-15H2,1-2H3. The van der Waals surface area contributed by atoms with Gasteiger partial charge in [0.15, 0.2) is 5.78 Å². The molecule has 1 atom stereocenters. The van der Waals surface area contributed by atoms with Crippen molar-refractivity contribution in [3.05, 3.63) is 83.4 Å². The summed E-state index contributed by atoms with van der Waals surface area (Å²) in [5, 5.41) is 0. The Morgan fingerprint density at radius 3 is 2.50 bits per heavy atom. The molecule has 0 aromatic heterocycles. The maximum Gasteiger partial charge on any atom is 0.185 e. The van der Waals surface area contributed by atoms with Crippen molar-refractivity contribution < 1.29 is 4.79 Å². The van der Waals surface area contributed by atoms with E-state index in [1.54, 1.807) is 6.08 Å². The molecule has 0 saturated carbocycles. The summed E-state index contributed by atoms with van der Waals surface area (Å²) in [6.45, 7) is 4.36. The summed E-state index contributed by atoms with van der Waals surface area (Å²) in [6.07, 6.45) is 5.55. The third kappa shape index (κ3) is 2.34. The predicted octanol–water partition coefficient (Wildman–Crippen LogP) is 4.54. The van der Waals surface area contributed by atoms with Gasteiger partial charge in [-0.1, -0.05) is 60.7 Å². The van der Waals surface area contributed by atoms with Gasteiger partial charge in [-0.05, 0) is 37.5 Å². The van der Waals surface area contributed by atoms with Crippen LogP contribution in [0.15, 0.2) is 71.7 Å². The Bertz CT molecular complexity index is 861. The number of benzene rings is 2. The van der Waals surface area contributed by atoms with Gasteiger partial charge in [0.2, 0.25) is 0 Å². The summed E-state index contributed by atoms with van der Waals surface area (Å²) < 4.78 is 0. The molecule has 1 aliphatic carbocycles. The Balaban J connectivity index is 1.86. The van der Waals surface area contributed by atoms with E-state index in [0.717, 1.165) is 29.7 Å². The van der Waals surface area contributed by atoms with Gasteiger partial charge in [0.1, 0.15) is 0 Å². The molecule has 4 rings (SSSR count). The summed E-state index contributed by atoms with van der Waals surface area (Å²) in [5.41, 5.74) is 3.97. The van der Waals surface area contributed by atoms with Crippen LogP contribution in [0.3, 0.4) is 0 Å². The average Bonchev–Trinajstić information content (AvgIpc) is 2.83. The van der Waals surface area contributed by atoms with Crippen molar-refractivity contribution in [2.24, 2.45) is 4.99 Å². The number of carbonyl (C=O) groups excluding carboxylic acids is 1. The molecule has 0 fully saturated rings. The Labute approximate surface area is 142 Å². The molecule has 0 amide bonds. The lowest BCUT2D eigenvalue weighted by Crippen LogP contribution is -2.37. The molecule has 0 saturated heterocycles. The Morgan fingerprint density at radius 2 is 1.71 bits per heavy atom. The summed E-state index contributed by atoms with van der Waals surface area (Å²) in [7, 11) is 0. The molecular formula is C22H21NO. The highest BCUT2D eigenvalue weighted by Gasteiger charge is 2.48. The Morgan fingerprint density at radius 1 is 1.00 bits per heavy atom. The van der Waals surface area contributed by atoms with Gasteiger partial charge >= 0.3 is 0 Å². The van der Waals surface area contributed by atoms with Gasteiger partial charge < -0.3 is 0 Å². The van der Waals surface area contributed by atoms with Gasteiger partial charge in [0.25, 0.3) is 0 Å². The third-order valence-electron chi connectivity index (χ3n) is 5.07. The van der Waals surface area contributed by atoms with E-state index in [-0.39, 0.29) is 16.7 Å². The largest absolute Gasteiger partial charge is 0.289 e. The fourth-order valence-corrected chi connectivity index (χ4v) is 4.17. The summed E-state index contributed by atoms with van der Waals surface area (Å²) in [4.78, 5) is 17.4. The zero-order chi connectivity index (χ0) is 16.8. The van der Waals surface area contributed by atoms with Gasteiger partial charge in [0, 0.05) is 17.7 Å². The zero-order valence-electron chi connectivity index (χ0n) is 14.1. The molecule has 2 nitrogen and oxygen atoms in total. The number of nitrogens with zero attached hydrogens (tertiary/aromatic N) is 1. The second-order valence-electron chi connectivity index (χ2n) is 7.42. The van der Waals surface area contributed by atoms with Crippen LogP contribution in [0.5, 0.6) is 0 Å². The highest BCUT2D eigenvalue weighted by atomic mass is 16.1. The lowest BCUT2D eigenvalue weighted by molar-refractivity contribution is 0.104. The Kier molecular flexibility index (Phi) is 3.31. The summed E-state index contributed by atoms with van der Waals surface area (Å²) in [5.74, 6) is 0.0972. The highest BCUT2D eigenvalue weighted by molar-refractivity contribution is 6.12. The van der Waals surface area contributed by atoms with E-state index in [1.165, 1.54) is 5.56 Å². The highest BCUT2D eigenvalue weighted by Crippen LogP contribution is 2.47. The number of hydrogen-bond acceptors (Lipinski definition) is 2. The number of allylic oxidation sites excluding steroid dienone is 2. The lowest BCUT2D eigenvalue weighted by atomic mass is 9.66. The van der Waals surface area contributed by atoms with Crippen LogP contribution in [0.1, 0.15) is 41.8 Å². The topological polar surface area (TPSA) is 29.4 Å². The van der Waals surface area contributed by atoms with Crippen molar-refractivity contribution in [2.45, 2.75) is 37.6 Å². The number of hydrogen-bond donors (Lipinski definition) is 0. The molecule has 0 radical (unpaired) electrons. The van der Waals surface area contributed by atoms with E-state index in [4.69, 9.17) is 4.99 Å². The van der Waals surface area contributed by atoms with Gasteiger partial charge in [0.05, 0.1) is 11.0 Å². The predicted molar refractivity (Wildman–Crippen MR) is 97.9 cm³/mol. The van der Waals surface area contributed by atoms with Crippen LogP contribution in [-0.2, 0) is 11.8 Å². The van der Waals surface area contributed by atoms with Crippen LogP contribution >= 0.6 is 0 Å². The van der Waals surface area contributed by atoms with Gasteiger partial charge in [-0.25, -0.2) is 0 Å². The minimum atomic E-state index is -0.260. The van der Waals surface area contributed by atoms with E-state index >= 15 is 0 Å². The Hall–Kier alpha value is -2.48. The van der Waals surface area contributed by atoms with E-state index < -0.39 is 0 Å². The minimum absolute atomic E-state index is 0.0972. The molecule has 2 heteroatoms. The van der Waals surface area contributed by atoms with Crippen LogP contribution in [0.2, 0.25) is 0 Å². The first-order valence-electron chi connectivity index (χ1n) is 8.46. The molecule has 0 bridgehead atoms. The maximum atomic E-state index is 12.3. The van der Waals surface area contributed by atoms with Gasteiger partial charge in [-0.3, -0.25) is 9.79 Å². The summed E-state index contributed by atoms with van der Waals surface area (Å²) >= 11 is 0. The van der Waals surface area contributed by atoms with E-state index in [1.807, 2.05) is 24.3 Å². The van der Waals surface area contributed by atoms with Crippen molar-refractivity contribution in [2.75, 3.05) is 0 Å². The maximum absolute atomic E-state index is 12.3. The minimum Gasteiger partial charge on any atom is -0.289 e. The molecule has 1 unspecified atom stereocenters. The zero-order valence-corrected chi connectivity index (χ0v) is 14.1. The van der Waals surface area contributed by atoms with Crippen LogP contribution in [0.25, 0.3) is 0 Å². The first kappa shape index (κ1) is 15.1. The van der Waals surface area contributed by atoms with Crippen molar-refractivity contribution in [1.82, 2.24) is 0 Å². The van der Waals surface area contributed by atoms with Crippen LogP contribution in [0.4, 0.5) is 0 Å². The van der Waals surface area contributed by atoms with Crippen molar-refractivity contribution in [1.29, 1.82) is 0 Å². The second-order valence-corrected chi connectivity index (χ2v) is 7.42. The molecular weight excluding hydrogens is 294 g/mol. The molecule has 2 aliphatic rings. The number of fused-ring (bicyclic) bond motifs is 2. The quantitative estimate of drug-likeness (QED) is 0.800. The van der Waals surface area contributed by atoms with Crippen LogP contribution in [-0.4, -0.2) is 17.0 Å². The van der Waals surface area contributed by atoms with E-state index in [0.29, 0.717) is 0 Å². The van der Waals surface area contributed by atoms with E-state index in [9.17, 15) is 4.79 Å². The molecule has 24 heavy (non-hydrogen) atoms. The first-order valence-corrected chi connectivity index (χ1v) is 8.46. The lowest BCUT2D eigenvalue weighted by Gasteiger charge is -2.34. The second kappa shape index (κ2) is 5.27. The molecule has 0 N–H and O–H groups in total. The summed E-state index contributed by atoms with van der Waals surface area (Å²) in [6, 6.07) is 18.5. The molecule has 1 aliphatic heterocycles. The first-order chi connectivity index (χ1) is 11.5. The van der Waals surface area contributed by atoms with Crippen molar-refractivity contribution in [3.63, 3.8) is 0 Å². The fraction of sp³-hybridized carbons (Fsp3) is 0.273. The number of carbonyl (C=O) groups is 1. The molecule has 2 aromatic carbocycles. The van der Waals surface area contributed by atoms with Crippen molar-refractivity contribution >= 4 is 11.5 Å². The number of aliphatic imine (C=N–C) groups is 1. The van der Waals surface area contributed by atoms with Crippen molar-refractivity contribution in [3.8, 4) is 0 Å². The monoisotopic (exact) mass is 315 g/mol. The van der Waals surface area contributed by atoms with E-state index in [2.05, 4.69) is 50.3 Å². The molecule has 2 aromatic rings. The normalized spacial score (nSPS) is 24.1. The fourth-order valence-electron chi connectivity index (χ4n) is 4.17. The average molecular weight is 315 g/mol. The van der Waals surface area contributed by atoms with Gasteiger partial charge in [-0.15, -0.1) is 0 Å². The van der Waals surface area contributed by atoms with Crippen LogP contribution in [0, 0.1) is 0 Å². The number of ketones is 1. The molecule has 120 valence electrons. The van der Waals surface area contributed by atoms with Gasteiger partial charge in [-0.2, -0.15) is 0 Å². The van der Waals surface area contributed by atoms with Crippen LogP contribution < -0.4 is 0 Å². The number of rotatable bonds is 2. The molecule has 1 spiro atoms. The third-order valence-corrected chi connectivity index (χ3v) is 5.07.